The number of Topliss-reactive ketones (excluding diaryl/α,β-unsaturated/α-hetero) is 1. The smallest absolute Gasteiger partial charge is 0.309 e. The molecule has 2 atom stereocenters. The molecule has 0 aromatic heterocycles. The number of carbonyl (C=O) groups excluding carboxylic acids is 2. The number of carbonyl (C=O) groups is 2. The van der Waals surface area contributed by atoms with Gasteiger partial charge >= 0.3 is 5.97 Å². The van der Waals surface area contributed by atoms with Gasteiger partial charge in [0.05, 0.1) is 19.1 Å². The first-order valence-electron chi connectivity index (χ1n) is 6.53. The van der Waals surface area contributed by atoms with E-state index in [-0.39, 0.29) is 23.7 Å². The lowest BCUT2D eigenvalue weighted by Crippen LogP contribution is -2.33. The Morgan fingerprint density at radius 1 is 1.47 bits per heavy atom. The fraction of sp³-hybridized carbons (Fsp3) is 0.846. The lowest BCUT2D eigenvalue weighted by atomic mass is 9.93. The maximum absolute atomic E-state index is 12.0. The third-order valence-electron chi connectivity index (χ3n) is 3.34. The van der Waals surface area contributed by atoms with Crippen LogP contribution < -0.4 is 5.32 Å². The number of esters is 1. The van der Waals surface area contributed by atoms with Crippen molar-refractivity contribution in [3.63, 3.8) is 0 Å². The summed E-state index contributed by atoms with van der Waals surface area (Å²) >= 11 is 0. The van der Waals surface area contributed by atoms with E-state index in [0.29, 0.717) is 6.42 Å². The molecule has 1 aliphatic rings. The Hall–Kier alpha value is -0.900. The summed E-state index contributed by atoms with van der Waals surface area (Å²) in [6, 6.07) is -0.0382. The molecule has 98 valence electrons. The molecule has 1 rings (SSSR count). The third kappa shape index (κ3) is 4.46. The van der Waals surface area contributed by atoms with E-state index in [0.717, 1.165) is 38.6 Å². The maximum Gasteiger partial charge on any atom is 0.309 e. The highest BCUT2D eigenvalue weighted by Crippen LogP contribution is 2.18. The molecule has 1 aliphatic heterocycles. The molecule has 4 heteroatoms. The quantitative estimate of drug-likeness (QED) is 0.689. The minimum atomic E-state index is -0.255. The lowest BCUT2D eigenvalue weighted by Gasteiger charge is -2.16. The number of hydrogen-bond donors (Lipinski definition) is 1. The number of rotatable bonds is 7. The third-order valence-corrected chi connectivity index (χ3v) is 3.34. The predicted molar refractivity (Wildman–Crippen MR) is 65.7 cm³/mol. The van der Waals surface area contributed by atoms with E-state index in [2.05, 4.69) is 12.2 Å². The lowest BCUT2D eigenvalue weighted by molar-refractivity contribution is -0.147. The summed E-state index contributed by atoms with van der Waals surface area (Å²) < 4.78 is 4.76. The van der Waals surface area contributed by atoms with Crippen molar-refractivity contribution in [2.24, 2.45) is 5.92 Å². The van der Waals surface area contributed by atoms with Crippen LogP contribution in [0.25, 0.3) is 0 Å². The number of ether oxygens (including phenoxy) is 1. The van der Waals surface area contributed by atoms with Gasteiger partial charge in [-0.05, 0) is 25.8 Å². The second-order valence-electron chi connectivity index (χ2n) is 4.68. The van der Waals surface area contributed by atoms with Crippen LogP contribution in [0, 0.1) is 5.92 Å². The molecule has 0 amide bonds. The van der Waals surface area contributed by atoms with Gasteiger partial charge in [0.2, 0.25) is 0 Å². The van der Waals surface area contributed by atoms with Crippen LogP contribution >= 0.6 is 0 Å². The van der Waals surface area contributed by atoms with Crippen molar-refractivity contribution in [1.82, 2.24) is 5.32 Å². The molecular weight excluding hydrogens is 218 g/mol. The summed E-state index contributed by atoms with van der Waals surface area (Å²) in [4.78, 5) is 23.5. The molecule has 1 heterocycles. The summed E-state index contributed by atoms with van der Waals surface area (Å²) in [5.74, 6) is -0.339. The van der Waals surface area contributed by atoms with Gasteiger partial charge in [-0.25, -0.2) is 0 Å². The Morgan fingerprint density at radius 3 is 2.76 bits per heavy atom. The van der Waals surface area contributed by atoms with Crippen molar-refractivity contribution in [2.45, 2.75) is 51.5 Å². The molecule has 1 N–H and O–H groups in total. The van der Waals surface area contributed by atoms with Crippen molar-refractivity contribution in [3.05, 3.63) is 0 Å². The molecule has 1 saturated heterocycles. The Kier molecular flexibility index (Phi) is 6.19. The van der Waals surface area contributed by atoms with Gasteiger partial charge in [0.25, 0.3) is 0 Å². The molecule has 0 radical (unpaired) electrons. The van der Waals surface area contributed by atoms with E-state index in [1.807, 2.05) is 0 Å². The molecular formula is C13H23NO3. The van der Waals surface area contributed by atoms with Gasteiger partial charge in [0, 0.05) is 6.42 Å². The van der Waals surface area contributed by atoms with Crippen LogP contribution in [0.1, 0.15) is 45.4 Å². The Bertz CT molecular complexity index is 259. The van der Waals surface area contributed by atoms with Crippen LogP contribution in [0.2, 0.25) is 0 Å². The molecule has 4 nitrogen and oxygen atoms in total. The van der Waals surface area contributed by atoms with E-state index in [1.54, 1.807) is 0 Å². The zero-order chi connectivity index (χ0) is 12.7. The minimum Gasteiger partial charge on any atom is -0.469 e. The standard InChI is InChI=1S/C13H23NO3/c1-3-4-6-10(13(16)17-2)9-12(15)11-7-5-8-14-11/h10-11,14H,3-9H2,1-2H3/t10-,11+/m1/s1. The van der Waals surface area contributed by atoms with Crippen LogP contribution in [-0.2, 0) is 14.3 Å². The Labute approximate surface area is 103 Å². The van der Waals surface area contributed by atoms with Gasteiger partial charge in [0.15, 0.2) is 5.78 Å². The van der Waals surface area contributed by atoms with Gasteiger partial charge in [-0.15, -0.1) is 0 Å². The largest absolute Gasteiger partial charge is 0.469 e. The van der Waals surface area contributed by atoms with E-state index >= 15 is 0 Å². The van der Waals surface area contributed by atoms with Crippen molar-refractivity contribution in [2.75, 3.05) is 13.7 Å². The summed E-state index contributed by atoms with van der Waals surface area (Å²) in [5, 5.41) is 3.17. The molecule has 0 aromatic carbocycles. The van der Waals surface area contributed by atoms with Crippen LogP contribution in [0.3, 0.4) is 0 Å². The zero-order valence-corrected chi connectivity index (χ0v) is 10.8. The summed E-state index contributed by atoms with van der Waals surface area (Å²) in [6.07, 6.45) is 5.02. The van der Waals surface area contributed by atoms with Gasteiger partial charge in [-0.1, -0.05) is 19.8 Å². The molecule has 0 saturated carbocycles. The first-order chi connectivity index (χ1) is 8.19. The molecule has 0 aliphatic carbocycles. The fourth-order valence-electron chi connectivity index (χ4n) is 2.26. The summed E-state index contributed by atoms with van der Waals surface area (Å²) in [5.41, 5.74) is 0. The normalized spacial score (nSPS) is 21.2. The van der Waals surface area contributed by atoms with Crippen molar-refractivity contribution < 1.29 is 14.3 Å². The first-order valence-corrected chi connectivity index (χ1v) is 6.53. The molecule has 0 aromatic rings. The van der Waals surface area contributed by atoms with Gasteiger partial charge in [0.1, 0.15) is 0 Å². The average Bonchev–Trinajstić information content (AvgIpc) is 2.87. The molecule has 17 heavy (non-hydrogen) atoms. The molecule has 0 spiro atoms. The minimum absolute atomic E-state index is 0.0382. The van der Waals surface area contributed by atoms with E-state index in [9.17, 15) is 9.59 Å². The van der Waals surface area contributed by atoms with E-state index < -0.39 is 0 Å². The van der Waals surface area contributed by atoms with E-state index in [1.165, 1.54) is 7.11 Å². The van der Waals surface area contributed by atoms with Crippen LogP contribution in [0.4, 0.5) is 0 Å². The number of hydrogen-bond acceptors (Lipinski definition) is 4. The van der Waals surface area contributed by atoms with Crippen LogP contribution in [0.15, 0.2) is 0 Å². The number of ketones is 1. The first kappa shape index (κ1) is 14.2. The Balaban J connectivity index is 2.46. The summed E-state index contributed by atoms with van der Waals surface area (Å²) in [6.45, 7) is 2.99. The van der Waals surface area contributed by atoms with Gasteiger partial charge < -0.3 is 10.1 Å². The highest BCUT2D eigenvalue weighted by molar-refractivity contribution is 5.88. The predicted octanol–water partition coefficient (Wildman–Crippen LogP) is 1.68. The zero-order valence-electron chi connectivity index (χ0n) is 10.8. The van der Waals surface area contributed by atoms with E-state index in [4.69, 9.17) is 4.74 Å². The monoisotopic (exact) mass is 241 g/mol. The second kappa shape index (κ2) is 7.43. The van der Waals surface area contributed by atoms with Crippen molar-refractivity contribution in [1.29, 1.82) is 0 Å². The fourth-order valence-corrected chi connectivity index (χ4v) is 2.26. The maximum atomic E-state index is 12.0. The van der Waals surface area contributed by atoms with Crippen LogP contribution in [0.5, 0.6) is 0 Å². The topological polar surface area (TPSA) is 55.4 Å². The van der Waals surface area contributed by atoms with Gasteiger partial charge in [-0.2, -0.15) is 0 Å². The Morgan fingerprint density at radius 2 is 2.24 bits per heavy atom. The molecule has 0 unspecified atom stereocenters. The molecule has 0 bridgehead atoms. The van der Waals surface area contributed by atoms with Gasteiger partial charge in [-0.3, -0.25) is 9.59 Å². The van der Waals surface area contributed by atoms with Crippen molar-refractivity contribution >= 4 is 11.8 Å². The van der Waals surface area contributed by atoms with Crippen LogP contribution in [-0.4, -0.2) is 31.4 Å². The highest BCUT2D eigenvalue weighted by atomic mass is 16.5. The number of unbranched alkanes of at least 4 members (excludes halogenated alkanes) is 1. The SMILES string of the molecule is CCCC[C@H](CC(=O)[C@@H]1CCCN1)C(=O)OC. The number of methoxy groups -OCH3 is 1. The molecule has 1 fully saturated rings. The highest BCUT2D eigenvalue weighted by Gasteiger charge is 2.28. The van der Waals surface area contributed by atoms with Crippen molar-refractivity contribution in [3.8, 4) is 0 Å². The summed E-state index contributed by atoms with van der Waals surface area (Å²) in [7, 11) is 1.39. The number of nitrogens with one attached hydrogen (secondary N) is 1. The average molecular weight is 241 g/mol. The second-order valence-corrected chi connectivity index (χ2v) is 4.68.